The highest BCUT2D eigenvalue weighted by atomic mass is 16.4. The molecule has 0 radical (unpaired) electrons. The molecule has 0 aromatic heterocycles. The molecule has 17 heavy (non-hydrogen) atoms. The summed E-state index contributed by atoms with van der Waals surface area (Å²) >= 11 is 0. The van der Waals surface area contributed by atoms with Gasteiger partial charge in [0.05, 0.1) is 0 Å². The summed E-state index contributed by atoms with van der Waals surface area (Å²) in [6, 6.07) is 5.33. The number of rotatable bonds is 3. The second kappa shape index (κ2) is 4.88. The summed E-state index contributed by atoms with van der Waals surface area (Å²) in [5, 5.41) is 8.79. The Morgan fingerprint density at radius 3 is 2.41 bits per heavy atom. The molecule has 0 aliphatic rings. The van der Waals surface area contributed by atoms with Crippen LogP contribution in [0.15, 0.2) is 18.2 Å². The predicted octanol–water partition coefficient (Wildman–Crippen LogP) is 2.25. The topological polar surface area (TPSA) is 63.3 Å². The smallest absolute Gasteiger partial charge is 0.320 e. The molecule has 0 heterocycles. The summed E-state index contributed by atoms with van der Waals surface area (Å²) in [4.78, 5) is 10.7. The minimum Gasteiger partial charge on any atom is -0.480 e. The van der Waals surface area contributed by atoms with Crippen LogP contribution in [0.5, 0.6) is 0 Å². The minimum absolute atomic E-state index is 0.109. The lowest BCUT2D eigenvalue weighted by molar-refractivity contribution is -0.138. The van der Waals surface area contributed by atoms with Crippen LogP contribution in [0.3, 0.4) is 0 Å². The Bertz CT molecular complexity index is 419. The molecule has 0 saturated carbocycles. The first-order valence-corrected chi connectivity index (χ1v) is 5.80. The van der Waals surface area contributed by atoms with Gasteiger partial charge in [-0.1, -0.05) is 39.0 Å². The highest BCUT2D eigenvalue weighted by molar-refractivity contribution is 5.73. The third-order valence-corrected chi connectivity index (χ3v) is 2.97. The van der Waals surface area contributed by atoms with Crippen molar-refractivity contribution in [1.82, 2.24) is 0 Å². The second-order valence-electron chi connectivity index (χ2n) is 5.54. The summed E-state index contributed by atoms with van der Waals surface area (Å²) < 4.78 is 0. The van der Waals surface area contributed by atoms with Crippen molar-refractivity contribution in [3.05, 3.63) is 34.9 Å². The highest BCUT2D eigenvalue weighted by Gasteiger charge is 2.17. The molecular formula is C14H21NO2. The monoisotopic (exact) mass is 235 g/mol. The van der Waals surface area contributed by atoms with E-state index in [2.05, 4.69) is 32.9 Å². The molecule has 3 heteroatoms. The fraction of sp³-hybridized carbons (Fsp3) is 0.500. The van der Waals surface area contributed by atoms with Gasteiger partial charge in [0, 0.05) is 0 Å². The van der Waals surface area contributed by atoms with Gasteiger partial charge in [0.2, 0.25) is 0 Å². The lowest BCUT2D eigenvalue weighted by Gasteiger charge is -2.21. The van der Waals surface area contributed by atoms with Gasteiger partial charge in [0.15, 0.2) is 0 Å². The Morgan fingerprint density at radius 2 is 2.00 bits per heavy atom. The number of nitrogens with two attached hydrogens (primary N) is 1. The first-order chi connectivity index (χ1) is 7.71. The molecule has 0 spiro atoms. The molecule has 1 rings (SSSR count). The van der Waals surface area contributed by atoms with Gasteiger partial charge in [-0.05, 0) is 35.4 Å². The Labute approximate surface area is 103 Å². The quantitative estimate of drug-likeness (QED) is 0.844. The third kappa shape index (κ3) is 3.56. The van der Waals surface area contributed by atoms with Gasteiger partial charge in [0.1, 0.15) is 6.04 Å². The first-order valence-electron chi connectivity index (χ1n) is 5.80. The summed E-state index contributed by atoms with van der Waals surface area (Å²) in [6.07, 6.45) is 0.381. The van der Waals surface area contributed by atoms with E-state index in [9.17, 15) is 4.79 Å². The normalized spacial score (nSPS) is 13.5. The average molecular weight is 235 g/mol. The number of aryl methyl sites for hydroxylation is 1. The van der Waals surface area contributed by atoms with Crippen molar-refractivity contribution in [1.29, 1.82) is 0 Å². The van der Waals surface area contributed by atoms with Crippen molar-refractivity contribution in [3.8, 4) is 0 Å². The standard InChI is InChI=1S/C14H21NO2/c1-9-7-11(14(2,3)4)6-5-10(9)8-12(15)13(16)17/h5-7,12H,8,15H2,1-4H3,(H,16,17). The van der Waals surface area contributed by atoms with E-state index in [1.807, 2.05) is 13.0 Å². The van der Waals surface area contributed by atoms with Crippen molar-refractivity contribution < 1.29 is 9.90 Å². The van der Waals surface area contributed by atoms with E-state index in [1.165, 1.54) is 5.56 Å². The average Bonchev–Trinajstić information content (AvgIpc) is 2.19. The number of benzene rings is 1. The van der Waals surface area contributed by atoms with E-state index < -0.39 is 12.0 Å². The molecule has 0 bridgehead atoms. The van der Waals surface area contributed by atoms with Crippen molar-refractivity contribution in [2.24, 2.45) is 5.73 Å². The van der Waals surface area contributed by atoms with Gasteiger partial charge in [-0.2, -0.15) is 0 Å². The van der Waals surface area contributed by atoms with Gasteiger partial charge in [-0.3, -0.25) is 4.79 Å². The fourth-order valence-electron chi connectivity index (χ4n) is 1.72. The molecule has 0 aliphatic carbocycles. The molecule has 1 unspecified atom stereocenters. The van der Waals surface area contributed by atoms with Crippen LogP contribution in [0.2, 0.25) is 0 Å². The van der Waals surface area contributed by atoms with Crippen molar-refractivity contribution in [2.45, 2.75) is 45.6 Å². The van der Waals surface area contributed by atoms with Crippen LogP contribution in [0, 0.1) is 6.92 Å². The minimum atomic E-state index is -0.954. The largest absolute Gasteiger partial charge is 0.480 e. The number of aliphatic carboxylic acids is 1. The summed E-state index contributed by atoms with van der Waals surface area (Å²) in [5.74, 6) is -0.954. The third-order valence-electron chi connectivity index (χ3n) is 2.97. The van der Waals surface area contributed by atoms with Gasteiger partial charge in [-0.15, -0.1) is 0 Å². The maximum Gasteiger partial charge on any atom is 0.320 e. The van der Waals surface area contributed by atoms with E-state index in [4.69, 9.17) is 10.8 Å². The molecule has 1 aromatic rings. The van der Waals surface area contributed by atoms with E-state index in [0.29, 0.717) is 6.42 Å². The van der Waals surface area contributed by atoms with Gasteiger partial charge >= 0.3 is 5.97 Å². The predicted molar refractivity (Wildman–Crippen MR) is 69.2 cm³/mol. The molecule has 0 fully saturated rings. The lowest BCUT2D eigenvalue weighted by atomic mass is 9.85. The molecular weight excluding hydrogens is 214 g/mol. The van der Waals surface area contributed by atoms with Crippen LogP contribution in [-0.2, 0) is 16.6 Å². The molecule has 3 N–H and O–H groups in total. The number of carboxylic acids is 1. The van der Waals surface area contributed by atoms with Crippen LogP contribution in [0.4, 0.5) is 0 Å². The Morgan fingerprint density at radius 1 is 1.41 bits per heavy atom. The van der Waals surface area contributed by atoms with Crippen LogP contribution in [-0.4, -0.2) is 17.1 Å². The van der Waals surface area contributed by atoms with E-state index >= 15 is 0 Å². The first kappa shape index (κ1) is 13.7. The molecule has 0 saturated heterocycles. The Hall–Kier alpha value is -1.35. The molecule has 0 aliphatic heterocycles. The Kier molecular flexibility index (Phi) is 3.94. The van der Waals surface area contributed by atoms with E-state index in [1.54, 1.807) is 0 Å². The number of hydrogen-bond donors (Lipinski definition) is 2. The SMILES string of the molecule is Cc1cc(C(C)(C)C)ccc1CC(N)C(=O)O. The summed E-state index contributed by atoms with van der Waals surface area (Å²) in [5.41, 5.74) is 9.02. The van der Waals surface area contributed by atoms with Gasteiger partial charge < -0.3 is 10.8 Å². The zero-order valence-electron chi connectivity index (χ0n) is 10.9. The maximum absolute atomic E-state index is 10.7. The van der Waals surface area contributed by atoms with Crippen LogP contribution in [0.25, 0.3) is 0 Å². The maximum atomic E-state index is 10.7. The molecule has 0 amide bonds. The summed E-state index contributed by atoms with van der Waals surface area (Å²) in [6.45, 7) is 8.47. The zero-order valence-corrected chi connectivity index (χ0v) is 10.9. The lowest BCUT2D eigenvalue weighted by Crippen LogP contribution is -2.32. The molecule has 1 atom stereocenters. The Balaban J connectivity index is 2.95. The van der Waals surface area contributed by atoms with Crippen LogP contribution < -0.4 is 5.73 Å². The van der Waals surface area contributed by atoms with Crippen molar-refractivity contribution in [3.63, 3.8) is 0 Å². The fourth-order valence-corrected chi connectivity index (χ4v) is 1.72. The molecule has 3 nitrogen and oxygen atoms in total. The molecule has 1 aromatic carbocycles. The van der Waals surface area contributed by atoms with Crippen LogP contribution >= 0.6 is 0 Å². The highest BCUT2D eigenvalue weighted by Crippen LogP contribution is 2.24. The second-order valence-corrected chi connectivity index (χ2v) is 5.54. The van der Waals surface area contributed by atoms with E-state index in [-0.39, 0.29) is 5.41 Å². The molecule has 94 valence electrons. The van der Waals surface area contributed by atoms with Crippen LogP contribution in [0.1, 0.15) is 37.5 Å². The number of hydrogen-bond acceptors (Lipinski definition) is 2. The zero-order chi connectivity index (χ0) is 13.2. The summed E-state index contributed by atoms with van der Waals surface area (Å²) in [7, 11) is 0. The van der Waals surface area contributed by atoms with E-state index in [0.717, 1.165) is 11.1 Å². The van der Waals surface area contributed by atoms with Gasteiger partial charge in [-0.25, -0.2) is 0 Å². The van der Waals surface area contributed by atoms with Crippen molar-refractivity contribution >= 4 is 5.97 Å². The number of carbonyl (C=O) groups is 1. The number of carboxylic acid groups (broad SMARTS) is 1. The van der Waals surface area contributed by atoms with Crippen molar-refractivity contribution in [2.75, 3.05) is 0 Å². The van der Waals surface area contributed by atoms with Gasteiger partial charge in [0.25, 0.3) is 0 Å².